The molecule has 17 heavy (non-hydrogen) atoms. The molecule has 0 amide bonds. The number of hydrogen-bond acceptors (Lipinski definition) is 2. The third kappa shape index (κ3) is 2.01. The van der Waals surface area contributed by atoms with Crippen LogP contribution in [0.25, 0.3) is 16.8 Å². The lowest BCUT2D eigenvalue weighted by Gasteiger charge is -2.04. The van der Waals surface area contributed by atoms with Gasteiger partial charge in [0.25, 0.3) is 0 Å². The SMILES string of the molecule is N#CC=Cc1cccc2c(C(=O)O)cccc12. The van der Waals surface area contributed by atoms with Crippen LogP contribution in [-0.2, 0) is 0 Å². The van der Waals surface area contributed by atoms with Crippen LogP contribution in [0.15, 0.2) is 42.5 Å². The number of hydrogen-bond donors (Lipinski definition) is 1. The topological polar surface area (TPSA) is 61.1 Å². The fourth-order valence-electron chi connectivity index (χ4n) is 1.79. The van der Waals surface area contributed by atoms with Gasteiger partial charge in [0.15, 0.2) is 0 Å². The highest BCUT2D eigenvalue weighted by Crippen LogP contribution is 2.23. The highest BCUT2D eigenvalue weighted by atomic mass is 16.4. The van der Waals surface area contributed by atoms with Crippen molar-refractivity contribution < 1.29 is 9.90 Å². The van der Waals surface area contributed by atoms with Gasteiger partial charge in [-0.15, -0.1) is 0 Å². The van der Waals surface area contributed by atoms with E-state index in [1.165, 1.54) is 6.08 Å². The molecular weight excluding hydrogens is 214 g/mol. The van der Waals surface area contributed by atoms with E-state index in [1.54, 1.807) is 30.3 Å². The third-order valence-electron chi connectivity index (χ3n) is 2.52. The van der Waals surface area contributed by atoms with Crippen LogP contribution < -0.4 is 0 Å². The molecule has 0 aliphatic carbocycles. The Bertz CT molecular complexity index is 651. The van der Waals surface area contributed by atoms with Gasteiger partial charge >= 0.3 is 5.97 Å². The van der Waals surface area contributed by atoms with Crippen molar-refractivity contribution in [2.45, 2.75) is 0 Å². The molecule has 82 valence electrons. The summed E-state index contributed by atoms with van der Waals surface area (Å²) in [6, 6.07) is 12.4. The Morgan fingerprint density at radius 1 is 1.18 bits per heavy atom. The molecule has 1 N–H and O–H groups in total. The molecule has 0 radical (unpaired) electrons. The van der Waals surface area contributed by atoms with Crippen molar-refractivity contribution in [2.75, 3.05) is 0 Å². The smallest absolute Gasteiger partial charge is 0.336 e. The molecule has 0 bridgehead atoms. The maximum absolute atomic E-state index is 11.1. The van der Waals surface area contributed by atoms with E-state index in [0.29, 0.717) is 5.39 Å². The van der Waals surface area contributed by atoms with Crippen molar-refractivity contribution in [3.05, 3.63) is 53.6 Å². The standard InChI is InChI=1S/C14H9NO2/c15-9-3-5-10-4-1-7-12-11(10)6-2-8-13(12)14(16)17/h1-8H,(H,16,17). The van der Waals surface area contributed by atoms with E-state index in [-0.39, 0.29) is 5.56 Å². The summed E-state index contributed by atoms with van der Waals surface area (Å²) in [6.07, 6.45) is 3.05. The Labute approximate surface area is 98.2 Å². The molecule has 0 spiro atoms. The van der Waals surface area contributed by atoms with E-state index in [9.17, 15) is 4.79 Å². The normalized spacial score (nSPS) is 10.5. The summed E-state index contributed by atoms with van der Waals surface area (Å²) in [7, 11) is 0. The number of nitrogens with zero attached hydrogens (tertiary/aromatic N) is 1. The summed E-state index contributed by atoms with van der Waals surface area (Å²) in [5.74, 6) is -0.947. The van der Waals surface area contributed by atoms with E-state index in [2.05, 4.69) is 0 Å². The molecule has 0 unspecified atom stereocenters. The van der Waals surface area contributed by atoms with Crippen molar-refractivity contribution >= 4 is 22.8 Å². The van der Waals surface area contributed by atoms with Crippen molar-refractivity contribution in [3.8, 4) is 6.07 Å². The fraction of sp³-hybridized carbons (Fsp3) is 0. The van der Waals surface area contributed by atoms with Crippen molar-refractivity contribution in [1.29, 1.82) is 5.26 Å². The Hall–Kier alpha value is -2.60. The number of carboxylic acid groups (broad SMARTS) is 1. The average molecular weight is 223 g/mol. The molecule has 2 aromatic rings. The first-order chi connectivity index (χ1) is 8.24. The summed E-state index contributed by atoms with van der Waals surface area (Å²) in [5, 5.41) is 19.1. The van der Waals surface area contributed by atoms with Gasteiger partial charge in [0, 0.05) is 6.08 Å². The van der Waals surface area contributed by atoms with Gasteiger partial charge in [0.2, 0.25) is 0 Å². The zero-order valence-corrected chi connectivity index (χ0v) is 8.92. The number of benzene rings is 2. The van der Waals surface area contributed by atoms with Crippen molar-refractivity contribution in [2.24, 2.45) is 0 Å². The van der Waals surface area contributed by atoms with Gasteiger partial charge in [-0.2, -0.15) is 5.26 Å². The minimum absolute atomic E-state index is 0.273. The second-order valence-electron chi connectivity index (χ2n) is 3.52. The van der Waals surface area contributed by atoms with E-state index in [0.717, 1.165) is 10.9 Å². The molecule has 0 saturated carbocycles. The minimum Gasteiger partial charge on any atom is -0.478 e. The molecule has 0 aromatic heterocycles. The van der Waals surface area contributed by atoms with Crippen LogP contribution in [-0.4, -0.2) is 11.1 Å². The first-order valence-corrected chi connectivity index (χ1v) is 5.05. The van der Waals surface area contributed by atoms with Crippen LogP contribution in [0.3, 0.4) is 0 Å². The van der Waals surface area contributed by atoms with Gasteiger partial charge in [0.05, 0.1) is 11.6 Å². The largest absolute Gasteiger partial charge is 0.478 e. The number of aromatic carboxylic acids is 1. The second-order valence-corrected chi connectivity index (χ2v) is 3.52. The van der Waals surface area contributed by atoms with Crippen LogP contribution in [0.4, 0.5) is 0 Å². The summed E-state index contributed by atoms with van der Waals surface area (Å²) in [6.45, 7) is 0. The molecule has 2 aromatic carbocycles. The zero-order valence-electron chi connectivity index (χ0n) is 8.92. The highest BCUT2D eigenvalue weighted by Gasteiger charge is 2.08. The van der Waals surface area contributed by atoms with E-state index in [1.807, 2.05) is 18.2 Å². The van der Waals surface area contributed by atoms with Gasteiger partial charge in [-0.3, -0.25) is 0 Å². The molecular formula is C14H9NO2. The molecule has 3 nitrogen and oxygen atoms in total. The van der Waals surface area contributed by atoms with Crippen LogP contribution in [0, 0.1) is 11.3 Å². The highest BCUT2D eigenvalue weighted by molar-refractivity contribution is 6.05. The van der Waals surface area contributed by atoms with E-state index >= 15 is 0 Å². The number of rotatable bonds is 2. The second kappa shape index (κ2) is 4.50. The maximum atomic E-state index is 11.1. The maximum Gasteiger partial charge on any atom is 0.336 e. The fourth-order valence-corrected chi connectivity index (χ4v) is 1.79. The van der Waals surface area contributed by atoms with Crippen LogP contribution >= 0.6 is 0 Å². The summed E-state index contributed by atoms with van der Waals surface area (Å²) in [5.41, 5.74) is 1.11. The number of carboxylic acids is 1. The minimum atomic E-state index is -0.947. The lowest BCUT2D eigenvalue weighted by atomic mass is 10.00. The number of carbonyl (C=O) groups is 1. The van der Waals surface area contributed by atoms with Crippen molar-refractivity contribution in [3.63, 3.8) is 0 Å². The lowest BCUT2D eigenvalue weighted by molar-refractivity contribution is 0.0699. The van der Waals surface area contributed by atoms with Crippen LogP contribution in [0.2, 0.25) is 0 Å². The van der Waals surface area contributed by atoms with Crippen LogP contribution in [0.5, 0.6) is 0 Å². The first kappa shape index (κ1) is 10.9. The Kier molecular flexibility index (Phi) is 2.89. The van der Waals surface area contributed by atoms with Gasteiger partial charge in [-0.25, -0.2) is 4.79 Å². The monoisotopic (exact) mass is 223 g/mol. The lowest BCUT2D eigenvalue weighted by Crippen LogP contribution is -1.97. The molecule has 0 saturated heterocycles. The predicted octanol–water partition coefficient (Wildman–Crippen LogP) is 3.07. The molecule has 0 aliphatic heterocycles. The number of nitriles is 1. The summed E-state index contributed by atoms with van der Waals surface area (Å²) < 4.78 is 0. The van der Waals surface area contributed by atoms with Gasteiger partial charge in [-0.1, -0.05) is 30.3 Å². The predicted molar refractivity (Wildman–Crippen MR) is 65.6 cm³/mol. The molecule has 2 rings (SSSR count). The molecule has 0 fully saturated rings. The van der Waals surface area contributed by atoms with E-state index in [4.69, 9.17) is 10.4 Å². The summed E-state index contributed by atoms with van der Waals surface area (Å²) >= 11 is 0. The molecule has 0 heterocycles. The van der Waals surface area contributed by atoms with Crippen molar-refractivity contribution in [1.82, 2.24) is 0 Å². The molecule has 0 aliphatic rings. The summed E-state index contributed by atoms with van der Waals surface area (Å²) in [4.78, 5) is 11.1. The molecule has 3 heteroatoms. The van der Waals surface area contributed by atoms with Gasteiger partial charge in [0.1, 0.15) is 0 Å². The van der Waals surface area contributed by atoms with Gasteiger partial charge < -0.3 is 5.11 Å². The van der Waals surface area contributed by atoms with Gasteiger partial charge in [-0.05, 0) is 28.5 Å². The average Bonchev–Trinajstić information content (AvgIpc) is 2.35. The van der Waals surface area contributed by atoms with Crippen LogP contribution in [0.1, 0.15) is 15.9 Å². The third-order valence-corrected chi connectivity index (χ3v) is 2.52. The van der Waals surface area contributed by atoms with E-state index < -0.39 is 5.97 Å². The Morgan fingerprint density at radius 3 is 2.59 bits per heavy atom. The number of allylic oxidation sites excluding steroid dienone is 1. The zero-order chi connectivity index (χ0) is 12.3. The first-order valence-electron chi connectivity index (χ1n) is 5.05. The quantitative estimate of drug-likeness (QED) is 0.796. The molecule has 0 atom stereocenters. The Balaban J connectivity index is 2.75. The number of fused-ring (bicyclic) bond motifs is 1. The Morgan fingerprint density at radius 2 is 1.88 bits per heavy atom.